The highest BCUT2D eigenvalue weighted by atomic mass is 79.9. The van der Waals surface area contributed by atoms with Gasteiger partial charge < -0.3 is 0 Å². The van der Waals surface area contributed by atoms with E-state index in [1.54, 1.807) is 11.3 Å². The molecule has 14 heavy (non-hydrogen) atoms. The van der Waals surface area contributed by atoms with E-state index in [0.717, 1.165) is 0 Å². The van der Waals surface area contributed by atoms with E-state index in [9.17, 15) is 0 Å². The molecule has 0 N–H and O–H groups in total. The summed E-state index contributed by atoms with van der Waals surface area (Å²) in [5.41, 5.74) is 1.30. The van der Waals surface area contributed by atoms with Crippen molar-refractivity contribution < 1.29 is 0 Å². The third-order valence-corrected chi connectivity index (χ3v) is 4.70. The maximum Gasteiger partial charge on any atom is 0.0704 e. The summed E-state index contributed by atoms with van der Waals surface area (Å²) in [4.78, 5) is 1.33. The highest BCUT2D eigenvalue weighted by molar-refractivity contribution is 9.11. The molecule has 0 bridgehead atoms. The highest BCUT2D eigenvalue weighted by Crippen LogP contribution is 2.38. The van der Waals surface area contributed by atoms with Gasteiger partial charge in [-0.3, -0.25) is 0 Å². The average Bonchev–Trinajstić information content (AvgIpc) is 2.44. The molecule has 1 aromatic rings. The Labute approximate surface area is 104 Å². The molecule has 3 heteroatoms. The Bertz CT molecular complexity index is 295. The van der Waals surface area contributed by atoms with E-state index in [-0.39, 0.29) is 5.38 Å². The molecule has 0 saturated heterocycles. The van der Waals surface area contributed by atoms with Crippen molar-refractivity contribution in [1.29, 1.82) is 0 Å². The first kappa shape index (κ1) is 12.5. The lowest BCUT2D eigenvalue weighted by atomic mass is 9.97. The number of hydrogen-bond acceptors (Lipinski definition) is 1. The summed E-state index contributed by atoms with van der Waals surface area (Å²) in [5, 5.41) is 0.164. The van der Waals surface area contributed by atoms with Crippen LogP contribution in [-0.2, 0) is 0 Å². The summed E-state index contributed by atoms with van der Waals surface area (Å²) in [6.07, 6.45) is 2.40. The Morgan fingerprint density at radius 1 is 1.57 bits per heavy atom. The summed E-state index contributed by atoms with van der Waals surface area (Å²) in [6, 6.07) is 2.16. The lowest BCUT2D eigenvalue weighted by Gasteiger charge is -2.17. The van der Waals surface area contributed by atoms with Gasteiger partial charge in [-0.15, -0.1) is 22.9 Å². The maximum absolute atomic E-state index is 6.44. The Hall–Kier alpha value is 0.470. The van der Waals surface area contributed by atoms with Crippen LogP contribution in [0.3, 0.4) is 0 Å². The van der Waals surface area contributed by atoms with Crippen LogP contribution in [0.1, 0.15) is 42.5 Å². The standard InChI is InChI=1S/C11H16BrClS/c1-4-5-7(2)11(13)9-6-10(12)14-8(9)3/h6-7,11H,4-5H2,1-3H3. The molecule has 2 unspecified atom stereocenters. The smallest absolute Gasteiger partial charge is 0.0704 e. The van der Waals surface area contributed by atoms with Gasteiger partial charge in [0.25, 0.3) is 0 Å². The summed E-state index contributed by atoms with van der Waals surface area (Å²) in [7, 11) is 0. The van der Waals surface area contributed by atoms with Gasteiger partial charge in [0.1, 0.15) is 0 Å². The molecule has 0 aromatic carbocycles. The van der Waals surface area contributed by atoms with Crippen LogP contribution in [0.2, 0.25) is 0 Å². The van der Waals surface area contributed by atoms with Crippen LogP contribution in [0.5, 0.6) is 0 Å². The van der Waals surface area contributed by atoms with Gasteiger partial charge >= 0.3 is 0 Å². The second-order valence-corrected chi connectivity index (χ2v) is 6.84. The van der Waals surface area contributed by atoms with Crippen molar-refractivity contribution >= 4 is 38.9 Å². The average molecular weight is 296 g/mol. The summed E-state index contributed by atoms with van der Waals surface area (Å²) in [6.45, 7) is 6.57. The van der Waals surface area contributed by atoms with Crippen LogP contribution in [0.25, 0.3) is 0 Å². The zero-order valence-corrected chi connectivity index (χ0v) is 12.0. The number of alkyl halides is 1. The fraction of sp³-hybridized carbons (Fsp3) is 0.636. The third kappa shape index (κ3) is 2.98. The van der Waals surface area contributed by atoms with E-state index in [1.807, 2.05) is 0 Å². The molecule has 0 fully saturated rings. The van der Waals surface area contributed by atoms with Gasteiger partial charge in [-0.25, -0.2) is 0 Å². The topological polar surface area (TPSA) is 0 Å². The van der Waals surface area contributed by atoms with Gasteiger partial charge in [0.2, 0.25) is 0 Å². The molecule has 0 amide bonds. The zero-order chi connectivity index (χ0) is 10.7. The quantitative estimate of drug-likeness (QED) is 0.640. The minimum atomic E-state index is 0.164. The van der Waals surface area contributed by atoms with Crippen molar-refractivity contribution in [1.82, 2.24) is 0 Å². The van der Waals surface area contributed by atoms with Crippen LogP contribution in [0, 0.1) is 12.8 Å². The molecular formula is C11H16BrClS. The largest absolute Gasteiger partial charge is 0.133 e. The first-order valence-electron chi connectivity index (χ1n) is 4.96. The second kappa shape index (κ2) is 5.53. The third-order valence-electron chi connectivity index (χ3n) is 2.47. The fourth-order valence-corrected chi connectivity index (χ4v) is 3.82. The molecule has 0 aliphatic heterocycles. The highest BCUT2D eigenvalue weighted by Gasteiger charge is 2.19. The van der Waals surface area contributed by atoms with E-state index < -0.39 is 0 Å². The fourth-order valence-electron chi connectivity index (χ4n) is 1.64. The minimum Gasteiger partial charge on any atom is -0.133 e. The van der Waals surface area contributed by atoms with Crippen LogP contribution >= 0.6 is 38.9 Å². The van der Waals surface area contributed by atoms with Crippen molar-refractivity contribution in [3.63, 3.8) is 0 Å². The number of thiophene rings is 1. The molecule has 0 saturated carbocycles. The molecule has 0 nitrogen and oxygen atoms in total. The first-order chi connectivity index (χ1) is 6.56. The molecule has 1 rings (SSSR count). The maximum atomic E-state index is 6.44. The van der Waals surface area contributed by atoms with Gasteiger partial charge in [-0.05, 0) is 46.8 Å². The predicted octanol–water partition coefficient (Wildman–Crippen LogP) is 5.54. The lowest BCUT2D eigenvalue weighted by Crippen LogP contribution is -2.03. The Morgan fingerprint density at radius 3 is 2.64 bits per heavy atom. The zero-order valence-electron chi connectivity index (χ0n) is 8.81. The molecule has 0 spiro atoms. The number of halogens is 2. The van der Waals surface area contributed by atoms with E-state index in [4.69, 9.17) is 11.6 Å². The van der Waals surface area contributed by atoms with Crippen molar-refractivity contribution in [3.05, 3.63) is 20.3 Å². The normalized spacial score (nSPS) is 15.5. The van der Waals surface area contributed by atoms with Crippen LogP contribution in [-0.4, -0.2) is 0 Å². The molecule has 80 valence electrons. The number of aryl methyl sites for hydroxylation is 1. The van der Waals surface area contributed by atoms with Crippen molar-refractivity contribution in [2.45, 2.75) is 39.0 Å². The number of hydrogen-bond donors (Lipinski definition) is 0. The van der Waals surface area contributed by atoms with Crippen LogP contribution < -0.4 is 0 Å². The molecule has 0 radical (unpaired) electrons. The summed E-state index contributed by atoms with van der Waals surface area (Å²) in [5.74, 6) is 0.557. The Kier molecular flexibility index (Phi) is 4.95. The monoisotopic (exact) mass is 294 g/mol. The second-order valence-electron chi connectivity index (χ2n) is 3.73. The molecule has 0 aliphatic rings. The SMILES string of the molecule is CCCC(C)C(Cl)c1cc(Br)sc1C. The minimum absolute atomic E-state index is 0.164. The first-order valence-corrected chi connectivity index (χ1v) is 7.00. The van der Waals surface area contributed by atoms with Crippen molar-refractivity contribution in [3.8, 4) is 0 Å². The molecule has 1 aromatic heterocycles. The van der Waals surface area contributed by atoms with Crippen LogP contribution in [0.15, 0.2) is 9.85 Å². The molecule has 0 aliphatic carbocycles. The lowest BCUT2D eigenvalue weighted by molar-refractivity contribution is 0.507. The Balaban J connectivity index is 2.77. The van der Waals surface area contributed by atoms with Crippen LogP contribution in [0.4, 0.5) is 0 Å². The molecular weight excluding hydrogens is 280 g/mol. The van der Waals surface area contributed by atoms with Gasteiger partial charge in [0.15, 0.2) is 0 Å². The molecule has 2 atom stereocenters. The Morgan fingerprint density at radius 2 is 2.21 bits per heavy atom. The van der Waals surface area contributed by atoms with E-state index in [2.05, 4.69) is 42.8 Å². The van der Waals surface area contributed by atoms with Crippen molar-refractivity contribution in [2.24, 2.45) is 5.92 Å². The van der Waals surface area contributed by atoms with Gasteiger partial charge in [0, 0.05) is 4.88 Å². The molecule has 1 heterocycles. The predicted molar refractivity (Wildman–Crippen MR) is 69.4 cm³/mol. The van der Waals surface area contributed by atoms with Crippen molar-refractivity contribution in [2.75, 3.05) is 0 Å². The van der Waals surface area contributed by atoms with Gasteiger partial charge in [-0.1, -0.05) is 20.3 Å². The van der Waals surface area contributed by atoms with E-state index in [0.29, 0.717) is 5.92 Å². The number of rotatable bonds is 4. The van der Waals surface area contributed by atoms with Gasteiger partial charge in [-0.2, -0.15) is 0 Å². The van der Waals surface area contributed by atoms with E-state index >= 15 is 0 Å². The van der Waals surface area contributed by atoms with Gasteiger partial charge in [0.05, 0.1) is 9.16 Å². The summed E-state index contributed by atoms with van der Waals surface area (Å²) >= 11 is 11.7. The summed E-state index contributed by atoms with van der Waals surface area (Å²) < 4.78 is 1.18. The van der Waals surface area contributed by atoms with E-state index in [1.165, 1.54) is 27.1 Å².